The van der Waals surface area contributed by atoms with Gasteiger partial charge in [-0.2, -0.15) is 0 Å². The molecule has 1 aromatic carbocycles. The van der Waals surface area contributed by atoms with E-state index in [0.717, 1.165) is 29.1 Å². The molecule has 1 aliphatic rings. The molecule has 0 aliphatic carbocycles. The zero-order valence-corrected chi connectivity index (χ0v) is 16.3. The maximum absolute atomic E-state index is 12.2. The van der Waals surface area contributed by atoms with E-state index in [4.69, 9.17) is 0 Å². The summed E-state index contributed by atoms with van der Waals surface area (Å²) in [4.78, 5) is 17.1. The van der Waals surface area contributed by atoms with Gasteiger partial charge in [0.25, 0.3) is 5.91 Å². The summed E-state index contributed by atoms with van der Waals surface area (Å²) < 4.78 is 1.13. The van der Waals surface area contributed by atoms with Crippen molar-refractivity contribution in [3.05, 3.63) is 45.1 Å². The Balaban J connectivity index is 1.48. The average Bonchev–Trinajstić information content (AvgIpc) is 3.20. The van der Waals surface area contributed by atoms with Gasteiger partial charge in [0.05, 0.1) is 15.7 Å². The predicted octanol–water partition coefficient (Wildman–Crippen LogP) is 2.76. The molecule has 2 N–H and O–H groups in total. The minimum Gasteiger partial charge on any atom is -0.372 e. The Morgan fingerprint density at radius 2 is 1.92 bits per heavy atom. The van der Waals surface area contributed by atoms with Gasteiger partial charge >= 0.3 is 0 Å². The van der Waals surface area contributed by atoms with Crippen molar-refractivity contribution in [1.82, 2.24) is 0 Å². The second-order valence-corrected chi connectivity index (χ2v) is 8.85. The van der Waals surface area contributed by atoms with Crippen LogP contribution in [0.1, 0.15) is 17.7 Å². The molecule has 2 heterocycles. The SMILES string of the molecule is C[NH+](CC(=O)Nc1ccc(N2CCCC2)cc1)Cc1ccc(Br)s1. The molecule has 128 valence electrons. The van der Waals surface area contributed by atoms with Crippen LogP contribution in [0.15, 0.2) is 40.2 Å². The number of likely N-dealkylation sites (N-methyl/N-ethyl adjacent to an activating group) is 1. The Hall–Kier alpha value is -1.37. The summed E-state index contributed by atoms with van der Waals surface area (Å²) in [5.74, 6) is 0.0528. The van der Waals surface area contributed by atoms with Gasteiger partial charge in [0.1, 0.15) is 6.54 Å². The lowest BCUT2D eigenvalue weighted by molar-refractivity contribution is -0.884. The third kappa shape index (κ3) is 4.82. The maximum Gasteiger partial charge on any atom is 0.279 e. The molecule has 0 bridgehead atoms. The number of quaternary nitrogens is 1. The van der Waals surface area contributed by atoms with E-state index < -0.39 is 0 Å². The fourth-order valence-electron chi connectivity index (χ4n) is 3.02. The molecule has 1 unspecified atom stereocenters. The third-order valence-corrected chi connectivity index (χ3v) is 5.81. The molecule has 1 aromatic heterocycles. The van der Waals surface area contributed by atoms with Crippen LogP contribution in [0.2, 0.25) is 0 Å². The fraction of sp³-hybridized carbons (Fsp3) is 0.389. The van der Waals surface area contributed by atoms with Crippen LogP contribution in [0.5, 0.6) is 0 Å². The van der Waals surface area contributed by atoms with E-state index in [0.29, 0.717) is 6.54 Å². The lowest BCUT2D eigenvalue weighted by Crippen LogP contribution is -3.08. The Labute approximate surface area is 155 Å². The number of hydrogen-bond acceptors (Lipinski definition) is 3. The quantitative estimate of drug-likeness (QED) is 0.770. The molecular weight excluding hydrogens is 386 g/mol. The number of carbonyl (C=O) groups is 1. The van der Waals surface area contributed by atoms with E-state index >= 15 is 0 Å². The number of amides is 1. The Bertz CT molecular complexity index is 680. The number of nitrogens with zero attached hydrogens (tertiary/aromatic N) is 1. The van der Waals surface area contributed by atoms with Gasteiger partial charge < -0.3 is 15.1 Å². The van der Waals surface area contributed by atoms with Crippen molar-refractivity contribution in [1.29, 1.82) is 0 Å². The van der Waals surface area contributed by atoms with Crippen molar-refractivity contribution in [3.63, 3.8) is 0 Å². The van der Waals surface area contributed by atoms with Crippen molar-refractivity contribution in [3.8, 4) is 0 Å². The second kappa shape index (κ2) is 8.14. The van der Waals surface area contributed by atoms with Gasteiger partial charge in [-0.05, 0) is 65.2 Å². The Morgan fingerprint density at radius 3 is 2.54 bits per heavy atom. The van der Waals surface area contributed by atoms with Crippen molar-refractivity contribution >= 4 is 44.5 Å². The molecule has 0 radical (unpaired) electrons. The topological polar surface area (TPSA) is 36.8 Å². The minimum atomic E-state index is 0.0528. The highest BCUT2D eigenvalue weighted by atomic mass is 79.9. The number of benzene rings is 1. The molecule has 1 amide bonds. The summed E-state index contributed by atoms with van der Waals surface area (Å²) in [6.45, 7) is 3.60. The molecule has 1 fully saturated rings. The summed E-state index contributed by atoms with van der Waals surface area (Å²) in [6, 6.07) is 12.3. The van der Waals surface area contributed by atoms with Crippen molar-refractivity contribution in [2.75, 3.05) is 36.9 Å². The maximum atomic E-state index is 12.2. The summed E-state index contributed by atoms with van der Waals surface area (Å²) in [6.07, 6.45) is 2.54. The molecule has 3 rings (SSSR count). The van der Waals surface area contributed by atoms with E-state index in [-0.39, 0.29) is 5.91 Å². The number of nitrogens with one attached hydrogen (secondary N) is 2. The van der Waals surface area contributed by atoms with E-state index in [1.165, 1.54) is 28.3 Å². The van der Waals surface area contributed by atoms with Crippen LogP contribution in [0.4, 0.5) is 11.4 Å². The largest absolute Gasteiger partial charge is 0.372 e. The van der Waals surface area contributed by atoms with Gasteiger partial charge in [-0.15, -0.1) is 11.3 Å². The van der Waals surface area contributed by atoms with Crippen LogP contribution in [0, 0.1) is 0 Å². The molecule has 0 spiro atoms. The van der Waals surface area contributed by atoms with Crippen LogP contribution in [-0.4, -0.2) is 32.6 Å². The zero-order valence-electron chi connectivity index (χ0n) is 13.8. The third-order valence-electron chi connectivity index (χ3n) is 4.19. The monoisotopic (exact) mass is 408 g/mol. The predicted molar refractivity (Wildman–Crippen MR) is 104 cm³/mol. The van der Waals surface area contributed by atoms with Crippen molar-refractivity contribution < 1.29 is 9.69 Å². The lowest BCUT2D eigenvalue weighted by Gasteiger charge is -2.18. The van der Waals surface area contributed by atoms with Crippen LogP contribution in [-0.2, 0) is 11.3 Å². The summed E-state index contributed by atoms with van der Waals surface area (Å²) in [5, 5.41) is 3.00. The number of rotatable bonds is 6. The average molecular weight is 409 g/mol. The Morgan fingerprint density at radius 1 is 1.21 bits per heavy atom. The molecule has 0 saturated carbocycles. The molecule has 24 heavy (non-hydrogen) atoms. The highest BCUT2D eigenvalue weighted by molar-refractivity contribution is 9.11. The van der Waals surface area contributed by atoms with E-state index in [1.54, 1.807) is 11.3 Å². The molecule has 6 heteroatoms. The van der Waals surface area contributed by atoms with E-state index in [9.17, 15) is 4.79 Å². The van der Waals surface area contributed by atoms with Gasteiger partial charge in [0.2, 0.25) is 0 Å². The van der Waals surface area contributed by atoms with Crippen LogP contribution in [0.25, 0.3) is 0 Å². The highest BCUT2D eigenvalue weighted by Gasteiger charge is 2.14. The first-order chi connectivity index (χ1) is 11.6. The first-order valence-electron chi connectivity index (χ1n) is 8.30. The van der Waals surface area contributed by atoms with Crippen LogP contribution >= 0.6 is 27.3 Å². The zero-order chi connectivity index (χ0) is 16.9. The van der Waals surface area contributed by atoms with Gasteiger partial charge in [0, 0.05) is 24.5 Å². The standard InChI is InChI=1S/C18H22BrN3OS/c1-21(12-16-8-9-17(19)24-16)13-18(23)20-14-4-6-15(7-5-14)22-10-2-3-11-22/h4-9H,2-3,10-13H2,1H3,(H,20,23)/p+1. The second-order valence-electron chi connectivity index (χ2n) is 6.31. The number of anilines is 2. The molecular formula is C18H23BrN3OS+. The Kier molecular flexibility index (Phi) is 5.92. The van der Waals surface area contributed by atoms with Crippen molar-refractivity contribution in [2.24, 2.45) is 0 Å². The first kappa shape index (κ1) is 17.5. The number of carbonyl (C=O) groups excluding carboxylic acids is 1. The molecule has 1 saturated heterocycles. The van der Waals surface area contributed by atoms with E-state index in [1.807, 2.05) is 19.2 Å². The number of thiophene rings is 1. The smallest absolute Gasteiger partial charge is 0.279 e. The normalized spacial score (nSPS) is 15.5. The molecule has 1 atom stereocenters. The van der Waals surface area contributed by atoms with Gasteiger partial charge in [-0.3, -0.25) is 4.79 Å². The van der Waals surface area contributed by atoms with E-state index in [2.05, 4.69) is 50.4 Å². The minimum absolute atomic E-state index is 0.0528. The summed E-state index contributed by atoms with van der Waals surface area (Å²) >= 11 is 5.19. The van der Waals surface area contributed by atoms with Gasteiger partial charge in [0.15, 0.2) is 6.54 Å². The fourth-order valence-corrected chi connectivity index (χ4v) is 4.61. The summed E-state index contributed by atoms with van der Waals surface area (Å²) in [7, 11) is 2.05. The molecule has 2 aromatic rings. The van der Waals surface area contributed by atoms with Crippen molar-refractivity contribution in [2.45, 2.75) is 19.4 Å². The lowest BCUT2D eigenvalue weighted by atomic mass is 10.2. The summed E-state index contributed by atoms with van der Waals surface area (Å²) in [5.41, 5.74) is 2.12. The van der Waals surface area contributed by atoms with Crippen LogP contribution in [0.3, 0.4) is 0 Å². The first-order valence-corrected chi connectivity index (χ1v) is 9.91. The van der Waals surface area contributed by atoms with Crippen LogP contribution < -0.4 is 15.1 Å². The van der Waals surface area contributed by atoms with Gasteiger partial charge in [-0.1, -0.05) is 0 Å². The van der Waals surface area contributed by atoms with Gasteiger partial charge in [-0.25, -0.2) is 0 Å². The highest BCUT2D eigenvalue weighted by Crippen LogP contribution is 2.22. The number of halogens is 1. The molecule has 4 nitrogen and oxygen atoms in total. The molecule has 1 aliphatic heterocycles. The number of hydrogen-bond donors (Lipinski definition) is 2.